The van der Waals surface area contributed by atoms with Gasteiger partial charge in [-0.05, 0) is 37.9 Å². The first-order valence-corrected chi connectivity index (χ1v) is 8.63. The number of hydrogen-bond donors (Lipinski definition) is 2. The Morgan fingerprint density at radius 3 is 2.67 bits per heavy atom. The van der Waals surface area contributed by atoms with E-state index < -0.39 is 4.92 Å². The molecule has 144 valence electrons. The maximum Gasteiger partial charge on any atom is 0.334 e. The van der Waals surface area contributed by atoms with Gasteiger partial charge in [-0.3, -0.25) is 15.0 Å². The molecule has 1 aromatic heterocycles. The first kappa shape index (κ1) is 18.8. The van der Waals surface area contributed by atoms with Gasteiger partial charge < -0.3 is 16.2 Å². The predicted octanol–water partition coefficient (Wildman–Crippen LogP) is 2.68. The molecule has 0 aliphatic carbocycles. The van der Waals surface area contributed by atoms with Crippen LogP contribution in [0.15, 0.2) is 24.4 Å². The number of methoxy groups -OCH3 is 1. The Balaban J connectivity index is 1.67. The maximum absolute atomic E-state index is 14.1. The molecule has 0 unspecified atom stereocenters. The van der Waals surface area contributed by atoms with Crippen LogP contribution in [0.3, 0.4) is 0 Å². The lowest BCUT2D eigenvalue weighted by molar-refractivity contribution is -0.383. The second kappa shape index (κ2) is 7.75. The first-order valence-electron chi connectivity index (χ1n) is 8.63. The molecule has 0 radical (unpaired) electrons. The number of benzene rings is 1. The van der Waals surface area contributed by atoms with Crippen LogP contribution >= 0.6 is 0 Å². The molecule has 1 aromatic carbocycles. The van der Waals surface area contributed by atoms with E-state index in [9.17, 15) is 14.5 Å². The molecule has 2 aromatic rings. The lowest BCUT2D eigenvalue weighted by Gasteiger charge is -2.32. The lowest BCUT2D eigenvalue weighted by Crippen LogP contribution is -2.33. The van der Waals surface area contributed by atoms with E-state index in [-0.39, 0.29) is 28.9 Å². The minimum atomic E-state index is -0.594. The topological polar surface area (TPSA) is 121 Å². The van der Waals surface area contributed by atoms with Gasteiger partial charge in [0.15, 0.2) is 0 Å². The van der Waals surface area contributed by atoms with Crippen molar-refractivity contribution in [2.45, 2.75) is 25.3 Å². The zero-order valence-electron chi connectivity index (χ0n) is 15.0. The monoisotopic (exact) mass is 375 g/mol. The summed E-state index contributed by atoms with van der Waals surface area (Å²) in [5.41, 5.74) is 12.6. The van der Waals surface area contributed by atoms with E-state index >= 15 is 0 Å². The molecule has 9 heteroatoms. The number of nitrogen functional groups attached to an aromatic ring is 2. The van der Waals surface area contributed by atoms with Crippen LogP contribution in [0.2, 0.25) is 0 Å². The molecule has 1 fully saturated rings. The molecule has 0 bridgehead atoms. The highest BCUT2D eigenvalue weighted by Gasteiger charge is 2.28. The van der Waals surface area contributed by atoms with E-state index in [0.717, 1.165) is 25.9 Å². The molecule has 0 saturated carbocycles. The SMILES string of the molecule is COc1ccc(CN2CCC(c3cnc(N)c([N+](=O)[O-])c3N)CC2)c(F)c1. The molecular weight excluding hydrogens is 353 g/mol. The Hall–Kier alpha value is -2.94. The number of likely N-dealkylation sites (tertiary alicyclic amines) is 1. The molecule has 1 aliphatic heterocycles. The standard InChI is InChI=1S/C18H22FN5O3/c1-27-13-3-2-12(15(19)8-13)10-23-6-4-11(5-7-23)14-9-22-18(21)17(16(14)20)24(25)26/h2-3,8-9,11H,4-7,10H2,1H3,(H4,20,21,22). The van der Waals surface area contributed by atoms with Gasteiger partial charge in [0.1, 0.15) is 17.3 Å². The highest BCUT2D eigenvalue weighted by molar-refractivity contribution is 5.72. The molecule has 1 saturated heterocycles. The van der Waals surface area contributed by atoms with E-state index in [2.05, 4.69) is 9.88 Å². The van der Waals surface area contributed by atoms with Gasteiger partial charge in [0.05, 0.1) is 12.0 Å². The Bertz CT molecular complexity index is 853. The van der Waals surface area contributed by atoms with E-state index in [4.69, 9.17) is 16.2 Å². The summed E-state index contributed by atoms with van der Waals surface area (Å²) < 4.78 is 19.2. The van der Waals surface area contributed by atoms with Crippen molar-refractivity contribution >= 4 is 17.2 Å². The number of piperidine rings is 1. The number of rotatable bonds is 5. The third-order valence-electron chi connectivity index (χ3n) is 5.02. The molecule has 0 atom stereocenters. The molecule has 8 nitrogen and oxygen atoms in total. The fraction of sp³-hybridized carbons (Fsp3) is 0.389. The lowest BCUT2D eigenvalue weighted by atomic mass is 9.89. The van der Waals surface area contributed by atoms with Crippen molar-refractivity contribution in [3.63, 3.8) is 0 Å². The highest BCUT2D eigenvalue weighted by Crippen LogP contribution is 2.38. The van der Waals surface area contributed by atoms with Crippen LogP contribution in [0.1, 0.15) is 29.9 Å². The van der Waals surface area contributed by atoms with Gasteiger partial charge in [0.25, 0.3) is 0 Å². The number of hydrogen-bond acceptors (Lipinski definition) is 7. The predicted molar refractivity (Wildman–Crippen MR) is 99.9 cm³/mol. The fourth-order valence-electron chi connectivity index (χ4n) is 3.49. The second-order valence-electron chi connectivity index (χ2n) is 6.63. The van der Waals surface area contributed by atoms with Crippen LogP contribution in [-0.4, -0.2) is 35.0 Å². The largest absolute Gasteiger partial charge is 0.497 e. The third kappa shape index (κ3) is 3.92. The summed E-state index contributed by atoms with van der Waals surface area (Å²) in [5, 5.41) is 11.2. The maximum atomic E-state index is 14.1. The molecular formula is C18H22FN5O3. The molecule has 4 N–H and O–H groups in total. The number of ether oxygens (including phenoxy) is 1. The van der Waals surface area contributed by atoms with Crippen molar-refractivity contribution in [2.24, 2.45) is 0 Å². The summed E-state index contributed by atoms with van der Waals surface area (Å²) in [5.74, 6) is 0.0874. The van der Waals surface area contributed by atoms with Gasteiger partial charge >= 0.3 is 5.69 Å². The summed E-state index contributed by atoms with van der Waals surface area (Å²) in [6.45, 7) is 1.96. The average molecular weight is 375 g/mol. The molecule has 27 heavy (non-hydrogen) atoms. The van der Waals surface area contributed by atoms with Crippen molar-refractivity contribution in [1.82, 2.24) is 9.88 Å². The van der Waals surface area contributed by atoms with E-state index in [1.807, 2.05) is 0 Å². The Morgan fingerprint density at radius 1 is 1.37 bits per heavy atom. The van der Waals surface area contributed by atoms with Gasteiger partial charge in [0.2, 0.25) is 5.82 Å². The summed E-state index contributed by atoms with van der Waals surface area (Å²) in [4.78, 5) is 16.7. The summed E-state index contributed by atoms with van der Waals surface area (Å²) in [6.07, 6.45) is 3.04. The van der Waals surface area contributed by atoms with Gasteiger partial charge in [0, 0.05) is 29.9 Å². The van der Waals surface area contributed by atoms with Crippen LogP contribution in [0.4, 0.5) is 21.6 Å². The van der Waals surface area contributed by atoms with Crippen molar-refractivity contribution in [3.05, 3.63) is 51.5 Å². The van der Waals surface area contributed by atoms with E-state index in [1.165, 1.54) is 19.4 Å². The van der Waals surface area contributed by atoms with E-state index in [0.29, 0.717) is 23.4 Å². The number of nitrogens with zero attached hydrogens (tertiary/aromatic N) is 3. The van der Waals surface area contributed by atoms with Crippen molar-refractivity contribution in [3.8, 4) is 5.75 Å². The smallest absolute Gasteiger partial charge is 0.334 e. The Morgan fingerprint density at radius 2 is 2.07 bits per heavy atom. The number of aromatic nitrogens is 1. The highest BCUT2D eigenvalue weighted by atomic mass is 19.1. The van der Waals surface area contributed by atoms with Crippen LogP contribution in [0.5, 0.6) is 5.75 Å². The number of halogens is 1. The van der Waals surface area contributed by atoms with Crippen LogP contribution in [0, 0.1) is 15.9 Å². The number of anilines is 2. The van der Waals surface area contributed by atoms with Gasteiger partial charge in [-0.2, -0.15) is 0 Å². The van der Waals surface area contributed by atoms with Gasteiger partial charge in [-0.1, -0.05) is 6.07 Å². The molecule has 2 heterocycles. The summed E-state index contributed by atoms with van der Waals surface area (Å²) in [6, 6.07) is 4.85. The third-order valence-corrected chi connectivity index (χ3v) is 5.02. The fourth-order valence-corrected chi connectivity index (χ4v) is 3.49. The summed E-state index contributed by atoms with van der Waals surface area (Å²) in [7, 11) is 1.50. The Kier molecular flexibility index (Phi) is 5.41. The molecule has 0 spiro atoms. The molecule has 1 aliphatic rings. The quantitative estimate of drug-likeness (QED) is 0.609. The zero-order valence-corrected chi connectivity index (χ0v) is 15.0. The van der Waals surface area contributed by atoms with Crippen LogP contribution < -0.4 is 16.2 Å². The van der Waals surface area contributed by atoms with Crippen molar-refractivity contribution in [2.75, 3.05) is 31.7 Å². The minimum Gasteiger partial charge on any atom is -0.497 e. The molecule has 0 amide bonds. The summed E-state index contributed by atoms with van der Waals surface area (Å²) >= 11 is 0. The van der Waals surface area contributed by atoms with Gasteiger partial charge in [-0.15, -0.1) is 0 Å². The zero-order chi connectivity index (χ0) is 19.6. The van der Waals surface area contributed by atoms with Crippen LogP contribution in [0.25, 0.3) is 0 Å². The first-order chi connectivity index (χ1) is 12.9. The molecule has 3 rings (SSSR count). The van der Waals surface area contributed by atoms with Gasteiger partial charge in [-0.25, -0.2) is 9.37 Å². The van der Waals surface area contributed by atoms with Crippen molar-refractivity contribution < 1.29 is 14.1 Å². The number of nitrogens with two attached hydrogens (primary N) is 2. The van der Waals surface area contributed by atoms with Crippen molar-refractivity contribution in [1.29, 1.82) is 0 Å². The average Bonchev–Trinajstić information content (AvgIpc) is 2.64. The number of pyridine rings is 1. The Labute approximate surface area is 156 Å². The second-order valence-corrected chi connectivity index (χ2v) is 6.63. The minimum absolute atomic E-state index is 0.0637. The van der Waals surface area contributed by atoms with Crippen LogP contribution in [-0.2, 0) is 6.54 Å². The number of nitro groups is 1. The van der Waals surface area contributed by atoms with E-state index in [1.54, 1.807) is 12.1 Å². The normalized spacial score (nSPS) is 15.6.